The third-order valence-electron chi connectivity index (χ3n) is 4.09. The first-order valence-corrected chi connectivity index (χ1v) is 15.5. The third kappa shape index (κ3) is 135. The molecule has 0 aromatic heterocycles. The largest absolute Gasteiger partial charge is 1.00 e. The van der Waals surface area contributed by atoms with Crippen molar-refractivity contribution in [2.45, 2.75) is 142 Å². The second-order valence-corrected chi connectivity index (χ2v) is 9.79. The van der Waals surface area contributed by atoms with Crippen molar-refractivity contribution in [1.29, 1.82) is 0 Å². The Hall–Kier alpha value is 0.0199. The molecule has 0 saturated heterocycles. The molecule has 0 bridgehead atoms. The molecule has 0 aliphatic carbocycles. The van der Waals surface area contributed by atoms with E-state index in [4.69, 9.17) is 9.50 Å². The minimum Gasteiger partial charge on any atom is 1.00 e. The quantitative estimate of drug-likeness (QED) is 0.0777. The van der Waals surface area contributed by atoms with Crippen LogP contribution in [0.2, 0.25) is 5.82 Å². The summed E-state index contributed by atoms with van der Waals surface area (Å²) in [5, 5.41) is 3.07. The molecule has 45 heavy (non-hydrogen) atoms. The predicted octanol–water partition coefficient (Wildman–Crippen LogP) is 4.24. The Labute approximate surface area is 322 Å². The van der Waals surface area contributed by atoms with Crippen molar-refractivity contribution < 1.29 is 63.7 Å². The van der Waals surface area contributed by atoms with Gasteiger partial charge in [0.05, 0.1) is 0 Å². The topological polar surface area (TPSA) is 141 Å². The van der Waals surface area contributed by atoms with E-state index in [-0.39, 0.29) is 59.0 Å². The summed E-state index contributed by atoms with van der Waals surface area (Å²) in [4.78, 5) is 40.5. The summed E-state index contributed by atoms with van der Waals surface area (Å²) < 4.78 is 11.7. The van der Waals surface area contributed by atoms with E-state index >= 15 is 0 Å². The standard InChI is InChI=1S/C10H23BN.C7H14O.C5H13N.C4H6O3.C2H3O.2C2H6.BO.HI.Na.H2O/c1-6-7-10(4)11-12(5)8-9(2)3;1-3-4-7(2)5-6-8;1-5(2)4-6-3;1-3(5)7-4(2)6;1-2-3;3*1-2;;;/h9-10H,6-8H2,1-5H3;6-7H,3-5H2,1-2H3;5-6H,4H2,1-3H3;1-2H3;1H3;2*1-2H3;;1H;;1H2/q;;;;-1;;;;;+1;. The number of nitrogens with zero attached hydrogens (tertiary/aromatic N) is 1. The number of carbonyl (C=O) groups is 3. The SMILES string of the molecule is CC.CC.CC(=O)OC(C)=O.CCCC(C)CC=O.CCCC(C)[B]N(C)CC(C)C.CNCC(C)C.C[C-]=O.I.O.[B]=O.[Na+]. The zero-order chi connectivity index (χ0) is 35.5. The molecule has 0 saturated carbocycles. The maximum Gasteiger partial charge on any atom is 1.00 e. The van der Waals surface area contributed by atoms with Gasteiger partial charge in [0, 0.05) is 20.3 Å². The third-order valence-corrected chi connectivity index (χ3v) is 4.09. The van der Waals surface area contributed by atoms with Gasteiger partial charge in [-0.2, -0.15) is 6.92 Å². The van der Waals surface area contributed by atoms with Crippen LogP contribution >= 0.6 is 24.0 Å². The first kappa shape index (κ1) is 75.4. The Kier molecular flexibility index (Phi) is 125. The van der Waals surface area contributed by atoms with E-state index in [1.807, 2.05) is 34.7 Å². The fourth-order valence-electron chi connectivity index (χ4n) is 2.99. The van der Waals surface area contributed by atoms with Crippen LogP contribution in [0.5, 0.6) is 0 Å². The van der Waals surface area contributed by atoms with E-state index in [9.17, 15) is 14.4 Å². The van der Waals surface area contributed by atoms with Gasteiger partial charge in [0.1, 0.15) is 6.29 Å². The molecule has 0 heterocycles. The van der Waals surface area contributed by atoms with Crippen molar-refractivity contribution in [3.05, 3.63) is 0 Å². The van der Waals surface area contributed by atoms with Crippen LogP contribution in [-0.4, -0.2) is 77.1 Å². The molecule has 0 rings (SSSR count). The molecule has 0 amide bonds. The number of esters is 2. The normalized spacial score (nSPS) is 9.22. The molecule has 2 unspecified atom stereocenters. The van der Waals surface area contributed by atoms with Gasteiger partial charge in [-0.05, 0) is 44.9 Å². The summed E-state index contributed by atoms with van der Waals surface area (Å²) in [5.74, 6) is 1.76. The fourth-order valence-corrected chi connectivity index (χ4v) is 2.99. The van der Waals surface area contributed by atoms with Crippen molar-refractivity contribution >= 4 is 63.6 Å². The number of hydrogen-bond acceptors (Lipinski definition) is 8. The first-order valence-electron chi connectivity index (χ1n) is 15.5. The van der Waals surface area contributed by atoms with Crippen molar-refractivity contribution in [3.63, 3.8) is 0 Å². The second kappa shape index (κ2) is 74.7. The van der Waals surface area contributed by atoms with Crippen molar-refractivity contribution in [3.8, 4) is 0 Å². The summed E-state index contributed by atoms with van der Waals surface area (Å²) in [6.07, 6.45) is 8.19. The molecule has 3 N–H and O–H groups in total. The average Bonchev–Trinajstić information content (AvgIpc) is 2.88. The molecule has 13 heteroatoms. The Morgan fingerprint density at radius 1 is 0.911 bits per heavy atom. The number of nitrogens with one attached hydrogen (secondary N) is 1. The molecule has 0 spiro atoms. The Morgan fingerprint density at radius 2 is 1.27 bits per heavy atom. The summed E-state index contributed by atoms with van der Waals surface area (Å²) in [5.41, 5.74) is 0. The smallest absolute Gasteiger partial charge is 1.00 e. The van der Waals surface area contributed by atoms with Crippen LogP contribution in [0.15, 0.2) is 0 Å². The molecule has 268 valence electrons. The van der Waals surface area contributed by atoms with Crippen LogP contribution in [0, 0.1) is 17.8 Å². The number of halogens is 1. The molecule has 2 atom stereocenters. The monoisotopic (exact) mass is 770 g/mol. The van der Waals surface area contributed by atoms with Gasteiger partial charge in [-0.1, -0.05) is 115 Å². The number of ether oxygens (including phenoxy) is 1. The van der Waals surface area contributed by atoms with Crippen LogP contribution in [0.3, 0.4) is 0 Å². The predicted molar refractivity (Wildman–Crippen MR) is 203 cm³/mol. The summed E-state index contributed by atoms with van der Waals surface area (Å²) in [6, 6.07) is 0. The zero-order valence-electron chi connectivity index (χ0n) is 32.8. The molecular formula is C32H74B2IN2NaO7. The first-order chi connectivity index (χ1) is 19.7. The zero-order valence-corrected chi connectivity index (χ0v) is 37.1. The van der Waals surface area contributed by atoms with Crippen LogP contribution < -0.4 is 34.9 Å². The minimum absolute atomic E-state index is 0. The van der Waals surface area contributed by atoms with E-state index in [1.165, 1.54) is 59.3 Å². The minimum atomic E-state index is -0.562. The molecule has 0 aromatic carbocycles. The number of rotatable bonds is 12. The van der Waals surface area contributed by atoms with Crippen molar-refractivity contribution in [2.75, 3.05) is 27.2 Å². The molecule has 0 aliphatic rings. The second-order valence-electron chi connectivity index (χ2n) is 9.79. The number of hydrogen-bond donors (Lipinski definition) is 1. The van der Waals surface area contributed by atoms with Gasteiger partial charge in [-0.3, -0.25) is 15.9 Å². The summed E-state index contributed by atoms with van der Waals surface area (Å²) >= 11 is 0. The van der Waals surface area contributed by atoms with E-state index in [1.54, 1.807) is 0 Å². The molecule has 0 aromatic rings. The van der Waals surface area contributed by atoms with Crippen LogP contribution in [0.4, 0.5) is 0 Å². The van der Waals surface area contributed by atoms with Crippen LogP contribution in [-0.2, 0) is 28.6 Å². The van der Waals surface area contributed by atoms with E-state index in [0.717, 1.165) is 36.9 Å². The van der Waals surface area contributed by atoms with Gasteiger partial charge >= 0.3 is 53.9 Å². The van der Waals surface area contributed by atoms with Gasteiger partial charge in [-0.15, -0.1) is 24.0 Å². The van der Waals surface area contributed by atoms with Gasteiger partial charge < -0.3 is 29.9 Å². The Balaban J connectivity index is -0.0000000350. The van der Waals surface area contributed by atoms with Crippen molar-refractivity contribution in [1.82, 2.24) is 10.1 Å². The van der Waals surface area contributed by atoms with E-state index in [0.29, 0.717) is 5.92 Å². The van der Waals surface area contributed by atoms with Crippen LogP contribution in [0.25, 0.3) is 0 Å². The number of carbonyl (C=O) groups excluding carboxylic acids is 4. The summed E-state index contributed by atoms with van der Waals surface area (Å²) in [7, 11) is 9.75. The summed E-state index contributed by atoms with van der Waals surface area (Å²) in [6.45, 7) is 31.7. The Bertz CT molecular complexity index is 516. The molecule has 0 aliphatic heterocycles. The van der Waals surface area contributed by atoms with Gasteiger partial charge in [0.15, 0.2) is 0 Å². The van der Waals surface area contributed by atoms with Gasteiger partial charge in [-0.25, -0.2) is 0 Å². The van der Waals surface area contributed by atoms with Crippen LogP contribution in [0.1, 0.15) is 136 Å². The number of aldehydes is 1. The average molecular weight is 770 g/mol. The molecule has 9 nitrogen and oxygen atoms in total. The molecule has 0 fully saturated rings. The van der Waals surface area contributed by atoms with E-state index < -0.39 is 11.9 Å². The maximum absolute atomic E-state index is 9.89. The van der Waals surface area contributed by atoms with Gasteiger partial charge in [0.2, 0.25) is 7.41 Å². The fraction of sp³-hybridized carbons (Fsp3) is 0.875. The maximum atomic E-state index is 9.89. The molecule has 2 radical (unpaired) electrons. The molecular weight excluding hydrogens is 696 g/mol. The van der Waals surface area contributed by atoms with E-state index in [2.05, 4.69) is 92.4 Å². The Morgan fingerprint density at radius 3 is 1.44 bits per heavy atom. The van der Waals surface area contributed by atoms with Gasteiger partial charge in [0.25, 0.3) is 0 Å². The van der Waals surface area contributed by atoms with Crippen molar-refractivity contribution in [2.24, 2.45) is 17.8 Å².